The largest absolute Gasteiger partial charge is 0.361 e. The van der Waals surface area contributed by atoms with Gasteiger partial charge in [-0.1, -0.05) is 18.0 Å². The van der Waals surface area contributed by atoms with Gasteiger partial charge >= 0.3 is 0 Å². The molecule has 0 unspecified atom stereocenters. The quantitative estimate of drug-likeness (QED) is 0.718. The minimum atomic E-state index is -3.65. The molecule has 0 aliphatic heterocycles. The first kappa shape index (κ1) is 18.1. The Hall–Kier alpha value is -2.25. The number of aromatic nitrogens is 2. The van der Waals surface area contributed by atoms with Gasteiger partial charge in [0, 0.05) is 23.7 Å². The van der Waals surface area contributed by atoms with Crippen molar-refractivity contribution in [1.82, 2.24) is 14.9 Å². The van der Waals surface area contributed by atoms with Crippen LogP contribution in [0.1, 0.15) is 37.1 Å². The lowest BCUT2D eigenvalue weighted by Crippen LogP contribution is -2.28. The Balaban J connectivity index is 1.81. The summed E-state index contributed by atoms with van der Waals surface area (Å²) in [7, 11) is -3.65. The van der Waals surface area contributed by atoms with Crippen molar-refractivity contribution in [2.75, 3.05) is 6.54 Å². The number of nitrogens with zero attached hydrogens (tertiary/aromatic N) is 2. The van der Waals surface area contributed by atoms with Crippen LogP contribution >= 0.6 is 0 Å². The lowest BCUT2D eigenvalue weighted by molar-refractivity contribution is 0.393. The number of fused-ring (bicyclic) bond motifs is 1. The minimum Gasteiger partial charge on any atom is -0.361 e. The van der Waals surface area contributed by atoms with E-state index < -0.39 is 10.0 Å². The second-order valence-electron chi connectivity index (χ2n) is 7.25. The number of aryl methyl sites for hydroxylation is 2. The highest BCUT2D eigenvalue weighted by molar-refractivity contribution is 7.89. The van der Waals surface area contributed by atoms with Gasteiger partial charge in [-0.05, 0) is 62.4 Å². The molecule has 1 aliphatic carbocycles. The van der Waals surface area contributed by atoms with Crippen LogP contribution in [-0.4, -0.2) is 25.1 Å². The molecule has 0 amide bonds. The third kappa shape index (κ3) is 3.49. The fourth-order valence-corrected chi connectivity index (χ4v) is 5.29. The molecule has 2 aromatic heterocycles. The summed E-state index contributed by atoms with van der Waals surface area (Å²) in [6.45, 7) is 4.16. The Morgan fingerprint density at radius 3 is 2.70 bits per heavy atom. The molecule has 0 radical (unpaired) electrons. The average molecular weight is 385 g/mol. The van der Waals surface area contributed by atoms with Gasteiger partial charge in [0.1, 0.15) is 5.76 Å². The summed E-state index contributed by atoms with van der Waals surface area (Å²) in [6.07, 6.45) is 6.21. The van der Waals surface area contributed by atoms with Gasteiger partial charge in [-0.3, -0.25) is 4.98 Å². The van der Waals surface area contributed by atoms with Crippen LogP contribution < -0.4 is 4.72 Å². The molecule has 3 aromatic rings. The van der Waals surface area contributed by atoms with E-state index in [1.54, 1.807) is 24.4 Å². The van der Waals surface area contributed by atoms with Crippen molar-refractivity contribution < 1.29 is 12.9 Å². The number of pyridine rings is 1. The third-order valence-electron chi connectivity index (χ3n) is 5.33. The van der Waals surface area contributed by atoms with E-state index in [-0.39, 0.29) is 4.90 Å². The first-order valence-corrected chi connectivity index (χ1v) is 10.8. The molecule has 7 heteroatoms. The van der Waals surface area contributed by atoms with Crippen LogP contribution in [0.3, 0.4) is 0 Å². The van der Waals surface area contributed by atoms with Gasteiger partial charge < -0.3 is 4.52 Å². The van der Waals surface area contributed by atoms with E-state index >= 15 is 0 Å². The Morgan fingerprint density at radius 2 is 2.00 bits per heavy atom. The molecular weight excluding hydrogens is 362 g/mol. The Morgan fingerprint density at radius 1 is 1.22 bits per heavy atom. The minimum absolute atomic E-state index is 0.251. The smallest absolute Gasteiger partial charge is 0.241 e. The van der Waals surface area contributed by atoms with Crippen LogP contribution in [0, 0.1) is 19.8 Å². The maximum Gasteiger partial charge on any atom is 0.241 e. The molecular formula is C20H23N3O3S. The van der Waals surface area contributed by atoms with E-state index in [4.69, 9.17) is 4.52 Å². The van der Waals surface area contributed by atoms with Gasteiger partial charge in [-0.2, -0.15) is 0 Å². The fourth-order valence-electron chi connectivity index (χ4n) is 3.93. The third-order valence-corrected chi connectivity index (χ3v) is 6.79. The van der Waals surface area contributed by atoms with E-state index in [9.17, 15) is 8.42 Å². The molecule has 0 bridgehead atoms. The Kier molecular flexibility index (Phi) is 4.74. The van der Waals surface area contributed by atoms with Gasteiger partial charge in [-0.15, -0.1) is 0 Å². The summed E-state index contributed by atoms with van der Waals surface area (Å²) < 4.78 is 34.3. The van der Waals surface area contributed by atoms with Gasteiger partial charge in [0.2, 0.25) is 10.0 Å². The predicted octanol–water partition coefficient (Wildman–Crippen LogP) is 3.98. The van der Waals surface area contributed by atoms with Crippen LogP contribution in [0.2, 0.25) is 0 Å². The van der Waals surface area contributed by atoms with Crippen LogP contribution in [-0.2, 0) is 10.0 Å². The molecule has 0 saturated heterocycles. The molecule has 1 aliphatic rings. The number of rotatable bonds is 5. The number of hydrogen-bond donors (Lipinski definition) is 1. The van der Waals surface area contributed by atoms with Crippen LogP contribution in [0.4, 0.5) is 0 Å². The zero-order chi connectivity index (χ0) is 19.0. The van der Waals surface area contributed by atoms with E-state index in [1.165, 1.54) is 12.8 Å². The molecule has 0 spiro atoms. The van der Waals surface area contributed by atoms with E-state index in [0.29, 0.717) is 29.1 Å². The molecule has 2 heterocycles. The molecule has 27 heavy (non-hydrogen) atoms. The summed E-state index contributed by atoms with van der Waals surface area (Å²) in [5, 5.41) is 4.61. The van der Waals surface area contributed by atoms with Crippen molar-refractivity contribution in [3.63, 3.8) is 0 Å². The lowest BCUT2D eigenvalue weighted by atomic mass is 10.0. The van der Waals surface area contributed by atoms with Gasteiger partial charge in [0.15, 0.2) is 0 Å². The standard InChI is InChI=1S/C20H23N3O3S/c1-13-20(14(2)26-23-13)16-10-18-17(8-5-9-21-18)19(11-16)27(24,25)22-12-15-6-3-4-7-15/h5,8-11,15,22H,3-4,6-7,12H2,1-2H3. The number of sulfonamides is 1. The molecule has 1 saturated carbocycles. The zero-order valence-corrected chi connectivity index (χ0v) is 16.3. The van der Waals surface area contributed by atoms with Gasteiger partial charge in [-0.25, -0.2) is 13.1 Å². The van der Waals surface area contributed by atoms with Gasteiger partial charge in [0.05, 0.1) is 16.1 Å². The fraction of sp³-hybridized carbons (Fsp3) is 0.400. The van der Waals surface area contributed by atoms with Crippen molar-refractivity contribution in [1.29, 1.82) is 0 Å². The molecule has 0 atom stereocenters. The van der Waals surface area contributed by atoms with Crippen LogP contribution in [0.5, 0.6) is 0 Å². The highest BCUT2D eigenvalue weighted by Crippen LogP contribution is 2.33. The summed E-state index contributed by atoms with van der Waals surface area (Å²) in [5.41, 5.74) is 2.93. The normalized spacial score (nSPS) is 15.6. The second-order valence-corrected chi connectivity index (χ2v) is 8.98. The van der Waals surface area contributed by atoms with E-state index in [2.05, 4.69) is 14.9 Å². The molecule has 1 fully saturated rings. The predicted molar refractivity (Wildman–Crippen MR) is 104 cm³/mol. The lowest BCUT2D eigenvalue weighted by Gasteiger charge is -2.14. The van der Waals surface area contributed by atoms with E-state index in [1.807, 2.05) is 19.9 Å². The van der Waals surface area contributed by atoms with Crippen LogP contribution in [0.15, 0.2) is 39.9 Å². The monoisotopic (exact) mass is 385 g/mol. The molecule has 1 aromatic carbocycles. The molecule has 1 N–H and O–H groups in total. The SMILES string of the molecule is Cc1noc(C)c1-c1cc(S(=O)(=O)NCC2CCCC2)c2cccnc2c1. The highest BCUT2D eigenvalue weighted by Gasteiger charge is 2.23. The van der Waals surface area contributed by atoms with Crippen molar-refractivity contribution >= 4 is 20.9 Å². The summed E-state index contributed by atoms with van der Waals surface area (Å²) in [5.74, 6) is 1.08. The van der Waals surface area contributed by atoms with Crippen molar-refractivity contribution in [2.45, 2.75) is 44.4 Å². The van der Waals surface area contributed by atoms with Gasteiger partial charge in [0.25, 0.3) is 0 Å². The molecule has 4 rings (SSSR count). The summed E-state index contributed by atoms with van der Waals surface area (Å²) in [4.78, 5) is 4.63. The topological polar surface area (TPSA) is 85.1 Å². The van der Waals surface area contributed by atoms with Crippen molar-refractivity contribution in [2.24, 2.45) is 5.92 Å². The average Bonchev–Trinajstić information content (AvgIpc) is 3.29. The zero-order valence-electron chi connectivity index (χ0n) is 15.5. The Labute approximate surface area is 159 Å². The molecule has 142 valence electrons. The first-order chi connectivity index (χ1) is 13.0. The number of nitrogens with one attached hydrogen (secondary N) is 1. The number of benzene rings is 1. The van der Waals surface area contributed by atoms with Crippen molar-refractivity contribution in [3.05, 3.63) is 41.9 Å². The summed E-state index contributed by atoms with van der Waals surface area (Å²) in [6, 6.07) is 7.14. The highest BCUT2D eigenvalue weighted by atomic mass is 32.2. The van der Waals surface area contributed by atoms with E-state index in [0.717, 1.165) is 29.7 Å². The van der Waals surface area contributed by atoms with Crippen LogP contribution in [0.25, 0.3) is 22.0 Å². The first-order valence-electron chi connectivity index (χ1n) is 9.27. The second kappa shape index (κ2) is 7.05. The maximum absolute atomic E-state index is 13.1. The summed E-state index contributed by atoms with van der Waals surface area (Å²) >= 11 is 0. The maximum atomic E-state index is 13.1. The molecule has 6 nitrogen and oxygen atoms in total. The number of hydrogen-bond acceptors (Lipinski definition) is 5. The van der Waals surface area contributed by atoms with Crippen molar-refractivity contribution in [3.8, 4) is 11.1 Å². The Bertz CT molecular complexity index is 1060.